The zero-order valence-corrected chi connectivity index (χ0v) is 9.61. The van der Waals surface area contributed by atoms with Gasteiger partial charge in [-0.25, -0.2) is 0 Å². The highest BCUT2D eigenvalue weighted by atomic mass is 35.5. The van der Waals surface area contributed by atoms with Crippen molar-refractivity contribution in [1.29, 1.82) is 0 Å². The molecule has 1 amide bonds. The van der Waals surface area contributed by atoms with Gasteiger partial charge in [-0.1, -0.05) is 17.7 Å². The van der Waals surface area contributed by atoms with Crippen molar-refractivity contribution < 1.29 is 4.79 Å². The van der Waals surface area contributed by atoms with Crippen molar-refractivity contribution in [3.05, 3.63) is 34.3 Å². The highest BCUT2D eigenvalue weighted by Crippen LogP contribution is 2.32. The molecule has 1 aromatic carbocycles. The van der Waals surface area contributed by atoms with Gasteiger partial charge in [0.25, 0.3) is 0 Å². The van der Waals surface area contributed by atoms with E-state index in [0.717, 1.165) is 23.4 Å². The number of alkyl halides is 1. The molecule has 0 spiro atoms. The molecule has 0 aromatic heterocycles. The van der Waals surface area contributed by atoms with E-state index in [1.54, 1.807) is 0 Å². The van der Waals surface area contributed by atoms with Crippen LogP contribution < -0.4 is 5.32 Å². The average Bonchev–Trinajstić information content (AvgIpc) is 2.60. The number of rotatable bonds is 2. The maximum Gasteiger partial charge on any atom is 0.235 e. The molecule has 0 aliphatic heterocycles. The topological polar surface area (TPSA) is 29.1 Å². The van der Waals surface area contributed by atoms with Gasteiger partial charge in [0.1, 0.15) is 5.88 Å². The van der Waals surface area contributed by atoms with Gasteiger partial charge in [-0.2, -0.15) is 0 Å². The highest BCUT2D eigenvalue weighted by Gasteiger charge is 2.23. The predicted octanol–water partition coefficient (Wildman–Crippen LogP) is 2.68. The maximum atomic E-state index is 11.2. The summed E-state index contributed by atoms with van der Waals surface area (Å²) in [5.74, 6) is -0.108. The second-order valence-electron chi connectivity index (χ2n) is 3.64. The van der Waals surface area contributed by atoms with E-state index in [9.17, 15) is 4.79 Å². The number of fused-ring (bicyclic) bond motifs is 1. The Kier molecular flexibility index (Phi) is 3.17. The minimum atomic E-state index is -0.121. The molecule has 2 rings (SSSR count). The summed E-state index contributed by atoms with van der Waals surface area (Å²) < 4.78 is 0. The van der Waals surface area contributed by atoms with Crippen LogP contribution in [0.2, 0.25) is 5.02 Å². The van der Waals surface area contributed by atoms with Crippen molar-refractivity contribution >= 4 is 29.1 Å². The molecule has 0 heterocycles. The molecular weight excluding hydrogens is 233 g/mol. The average molecular weight is 244 g/mol. The van der Waals surface area contributed by atoms with E-state index in [-0.39, 0.29) is 17.8 Å². The van der Waals surface area contributed by atoms with Gasteiger partial charge in [0.05, 0.1) is 6.04 Å². The van der Waals surface area contributed by atoms with Crippen molar-refractivity contribution in [1.82, 2.24) is 5.32 Å². The number of carbonyl (C=O) groups excluding carboxylic acids is 1. The number of nitrogens with one attached hydrogen (secondary N) is 1. The lowest BCUT2D eigenvalue weighted by atomic mass is 10.1. The van der Waals surface area contributed by atoms with Gasteiger partial charge in [0.15, 0.2) is 0 Å². The summed E-state index contributed by atoms with van der Waals surface area (Å²) in [6.07, 6.45) is 1.89. The molecule has 1 atom stereocenters. The fraction of sp³-hybridized carbons (Fsp3) is 0.364. The normalized spacial score (nSPS) is 18.7. The van der Waals surface area contributed by atoms with Gasteiger partial charge in [0.2, 0.25) is 5.91 Å². The number of benzene rings is 1. The van der Waals surface area contributed by atoms with Crippen LogP contribution in [0.15, 0.2) is 18.2 Å². The van der Waals surface area contributed by atoms with Gasteiger partial charge in [-0.05, 0) is 36.1 Å². The lowest BCUT2D eigenvalue weighted by Gasteiger charge is -2.12. The molecule has 1 aromatic rings. The fourth-order valence-corrected chi connectivity index (χ4v) is 2.24. The Bertz CT molecular complexity index is 392. The van der Waals surface area contributed by atoms with E-state index in [4.69, 9.17) is 23.2 Å². The Hall–Kier alpha value is -0.730. The summed E-state index contributed by atoms with van der Waals surface area (Å²) in [6, 6.07) is 5.89. The number of halogens is 2. The Labute approximate surface area is 98.6 Å². The number of carbonyl (C=O) groups is 1. The summed E-state index contributed by atoms with van der Waals surface area (Å²) in [4.78, 5) is 11.2. The third-order valence-corrected chi connectivity index (χ3v) is 3.12. The van der Waals surface area contributed by atoms with Crippen LogP contribution in [0.3, 0.4) is 0 Å². The molecule has 0 saturated carbocycles. The maximum absolute atomic E-state index is 11.2. The van der Waals surface area contributed by atoms with E-state index in [0.29, 0.717) is 0 Å². The number of amides is 1. The Morgan fingerprint density at radius 3 is 3.07 bits per heavy atom. The minimum absolute atomic E-state index is 0.0133. The molecular formula is C11H11Cl2NO. The van der Waals surface area contributed by atoms with E-state index in [1.165, 1.54) is 5.56 Å². The van der Waals surface area contributed by atoms with Gasteiger partial charge in [0, 0.05) is 5.02 Å². The first-order valence-corrected chi connectivity index (χ1v) is 5.75. The van der Waals surface area contributed by atoms with E-state index in [2.05, 4.69) is 5.32 Å². The van der Waals surface area contributed by atoms with Crippen LogP contribution in [0.4, 0.5) is 0 Å². The molecule has 1 aliphatic rings. The first-order valence-electron chi connectivity index (χ1n) is 4.84. The third kappa shape index (κ3) is 2.27. The van der Waals surface area contributed by atoms with E-state index < -0.39 is 0 Å². The summed E-state index contributed by atoms with van der Waals surface area (Å²) in [6.45, 7) is 0. The Balaban J connectivity index is 2.18. The third-order valence-electron chi connectivity index (χ3n) is 2.64. The largest absolute Gasteiger partial charge is 0.348 e. The quantitative estimate of drug-likeness (QED) is 0.796. The predicted molar refractivity (Wildman–Crippen MR) is 61.4 cm³/mol. The molecule has 15 heavy (non-hydrogen) atoms. The molecule has 0 unspecified atom stereocenters. The minimum Gasteiger partial charge on any atom is -0.348 e. The second kappa shape index (κ2) is 4.42. The standard InChI is InChI=1S/C11H11Cl2NO/c12-6-11(15)14-10-4-1-7-5-8(13)2-3-9(7)10/h2-3,5,10H,1,4,6H2,(H,14,15)/t10-/m0/s1. The number of hydrogen-bond acceptors (Lipinski definition) is 1. The van der Waals surface area contributed by atoms with Crippen LogP contribution in [0.5, 0.6) is 0 Å². The van der Waals surface area contributed by atoms with Gasteiger partial charge in [-0.3, -0.25) is 4.79 Å². The molecule has 1 aliphatic carbocycles. The van der Waals surface area contributed by atoms with Crippen molar-refractivity contribution in [2.45, 2.75) is 18.9 Å². The summed E-state index contributed by atoms with van der Waals surface area (Å²) in [5, 5.41) is 3.64. The molecule has 1 N–H and O–H groups in total. The summed E-state index contributed by atoms with van der Waals surface area (Å²) >= 11 is 11.3. The smallest absolute Gasteiger partial charge is 0.235 e. The summed E-state index contributed by atoms with van der Waals surface area (Å²) in [7, 11) is 0. The van der Waals surface area contributed by atoms with E-state index in [1.807, 2.05) is 18.2 Å². The van der Waals surface area contributed by atoms with Crippen LogP contribution in [-0.4, -0.2) is 11.8 Å². The van der Waals surface area contributed by atoms with Gasteiger partial charge < -0.3 is 5.32 Å². The van der Waals surface area contributed by atoms with Crippen LogP contribution in [-0.2, 0) is 11.2 Å². The highest BCUT2D eigenvalue weighted by molar-refractivity contribution is 6.30. The zero-order chi connectivity index (χ0) is 10.8. The van der Waals surface area contributed by atoms with Crippen molar-refractivity contribution in [2.24, 2.45) is 0 Å². The van der Waals surface area contributed by atoms with Crippen LogP contribution in [0.25, 0.3) is 0 Å². The molecule has 0 saturated heterocycles. The zero-order valence-electron chi connectivity index (χ0n) is 8.09. The first kappa shape index (κ1) is 10.8. The molecule has 0 fully saturated rings. The summed E-state index contributed by atoms with van der Waals surface area (Å²) in [5.41, 5.74) is 2.39. The van der Waals surface area contributed by atoms with Crippen molar-refractivity contribution in [3.8, 4) is 0 Å². The fourth-order valence-electron chi connectivity index (χ4n) is 1.97. The van der Waals surface area contributed by atoms with Gasteiger partial charge >= 0.3 is 0 Å². The second-order valence-corrected chi connectivity index (χ2v) is 4.34. The van der Waals surface area contributed by atoms with Gasteiger partial charge in [-0.15, -0.1) is 11.6 Å². The molecule has 0 radical (unpaired) electrons. The van der Waals surface area contributed by atoms with Crippen molar-refractivity contribution in [3.63, 3.8) is 0 Å². The van der Waals surface area contributed by atoms with Crippen LogP contribution in [0.1, 0.15) is 23.6 Å². The molecule has 4 heteroatoms. The van der Waals surface area contributed by atoms with Crippen LogP contribution in [0, 0.1) is 0 Å². The monoisotopic (exact) mass is 243 g/mol. The Morgan fingerprint density at radius 1 is 1.53 bits per heavy atom. The van der Waals surface area contributed by atoms with E-state index >= 15 is 0 Å². The molecule has 2 nitrogen and oxygen atoms in total. The first-order chi connectivity index (χ1) is 7.20. The Morgan fingerprint density at radius 2 is 2.33 bits per heavy atom. The molecule has 80 valence electrons. The van der Waals surface area contributed by atoms with Crippen LogP contribution >= 0.6 is 23.2 Å². The van der Waals surface area contributed by atoms with Crippen molar-refractivity contribution in [2.75, 3.05) is 5.88 Å². The number of aryl methyl sites for hydroxylation is 1. The number of hydrogen-bond donors (Lipinski definition) is 1. The lowest BCUT2D eigenvalue weighted by molar-refractivity contribution is -0.119. The molecule has 0 bridgehead atoms. The SMILES string of the molecule is O=C(CCl)N[C@H]1CCc2cc(Cl)ccc21. The lowest BCUT2D eigenvalue weighted by Crippen LogP contribution is -2.27.